The maximum absolute atomic E-state index is 2.30. The van der Waals surface area contributed by atoms with Crippen LogP contribution >= 0.6 is 21.6 Å². The molecule has 0 aliphatic rings. The van der Waals surface area contributed by atoms with E-state index in [1.54, 1.807) is 0 Å². The molecule has 0 aliphatic carbocycles. The zero-order valence-corrected chi connectivity index (χ0v) is 16.6. The summed E-state index contributed by atoms with van der Waals surface area (Å²) in [5.74, 6) is 0. The lowest BCUT2D eigenvalue weighted by molar-refractivity contribution is 1.13. The fourth-order valence-electron chi connectivity index (χ4n) is 2.69. The van der Waals surface area contributed by atoms with Gasteiger partial charge < -0.3 is 0 Å². The van der Waals surface area contributed by atoms with E-state index in [1.807, 2.05) is 21.6 Å². The highest BCUT2D eigenvalue weighted by molar-refractivity contribution is 8.76. The van der Waals surface area contributed by atoms with E-state index < -0.39 is 0 Å². The Labute approximate surface area is 143 Å². The molecule has 0 bridgehead atoms. The van der Waals surface area contributed by atoms with Crippen molar-refractivity contribution in [3.8, 4) is 0 Å². The second-order valence-electron chi connectivity index (χ2n) is 6.35. The van der Waals surface area contributed by atoms with Crippen LogP contribution in [0.15, 0.2) is 21.9 Å². The Morgan fingerprint density at radius 3 is 0.909 bits per heavy atom. The van der Waals surface area contributed by atoms with Crippen molar-refractivity contribution in [3.63, 3.8) is 0 Å². The predicted octanol–water partition coefficient (Wildman–Crippen LogP) is 6.95. The summed E-state index contributed by atoms with van der Waals surface area (Å²) in [6, 6.07) is 4.60. The summed E-state index contributed by atoms with van der Waals surface area (Å²) in [6.45, 7) is 17.8. The third-order valence-electron chi connectivity index (χ3n) is 4.80. The monoisotopic (exact) mass is 330 g/mol. The number of rotatable bonds is 3. The van der Waals surface area contributed by atoms with E-state index in [2.05, 4.69) is 67.5 Å². The lowest BCUT2D eigenvalue weighted by Gasteiger charge is -2.17. The van der Waals surface area contributed by atoms with Crippen LogP contribution in [0.2, 0.25) is 0 Å². The second kappa shape index (κ2) is 6.72. The Hall–Kier alpha value is -0.860. The Morgan fingerprint density at radius 1 is 0.455 bits per heavy atom. The summed E-state index contributed by atoms with van der Waals surface area (Å²) in [7, 11) is 3.83. The highest BCUT2D eigenvalue weighted by atomic mass is 33.1. The van der Waals surface area contributed by atoms with Crippen LogP contribution in [0.1, 0.15) is 44.5 Å². The zero-order chi connectivity index (χ0) is 16.6. The van der Waals surface area contributed by atoms with Crippen LogP contribution in [0, 0.1) is 55.4 Å². The molecule has 2 heteroatoms. The summed E-state index contributed by atoms with van der Waals surface area (Å²) in [5.41, 5.74) is 11.2. The molecule has 2 aromatic rings. The summed E-state index contributed by atoms with van der Waals surface area (Å²) < 4.78 is 0. The van der Waals surface area contributed by atoms with Gasteiger partial charge in [0.1, 0.15) is 0 Å². The summed E-state index contributed by atoms with van der Waals surface area (Å²) >= 11 is 0. The highest BCUT2D eigenvalue weighted by Crippen LogP contribution is 2.45. The van der Waals surface area contributed by atoms with E-state index in [-0.39, 0.29) is 0 Å². The molecule has 0 aromatic heterocycles. The maximum atomic E-state index is 2.30. The summed E-state index contributed by atoms with van der Waals surface area (Å²) in [6.07, 6.45) is 0. The van der Waals surface area contributed by atoms with Crippen molar-refractivity contribution in [3.05, 3.63) is 56.6 Å². The Balaban J connectivity index is 2.40. The minimum atomic E-state index is 1.39. The Morgan fingerprint density at radius 2 is 0.682 bits per heavy atom. The van der Waals surface area contributed by atoms with Crippen LogP contribution in [-0.4, -0.2) is 0 Å². The third kappa shape index (κ3) is 3.23. The first kappa shape index (κ1) is 17.5. The van der Waals surface area contributed by atoms with Gasteiger partial charge in [-0.25, -0.2) is 0 Å². The molecule has 0 spiro atoms. The van der Waals surface area contributed by atoms with Gasteiger partial charge in [0.05, 0.1) is 0 Å². The van der Waals surface area contributed by atoms with Gasteiger partial charge in [0, 0.05) is 9.79 Å². The maximum Gasteiger partial charge on any atom is 0.0250 e. The number of hydrogen-bond acceptors (Lipinski definition) is 2. The molecule has 0 aliphatic heterocycles. The predicted molar refractivity (Wildman–Crippen MR) is 102 cm³/mol. The molecule has 0 radical (unpaired) electrons. The van der Waals surface area contributed by atoms with Gasteiger partial charge >= 0.3 is 0 Å². The molecule has 118 valence electrons. The van der Waals surface area contributed by atoms with E-state index in [9.17, 15) is 0 Å². The molecule has 2 rings (SSSR count). The van der Waals surface area contributed by atoms with Gasteiger partial charge in [-0.15, -0.1) is 0 Å². The topological polar surface area (TPSA) is 0 Å². The number of benzene rings is 2. The molecule has 0 nitrogen and oxygen atoms in total. The molecule has 0 N–H and O–H groups in total. The first-order valence-electron chi connectivity index (χ1n) is 7.73. The number of hydrogen-bond donors (Lipinski definition) is 0. The minimum absolute atomic E-state index is 1.39. The van der Waals surface area contributed by atoms with Crippen molar-refractivity contribution in [1.29, 1.82) is 0 Å². The fraction of sp³-hybridized carbons (Fsp3) is 0.400. The average molecular weight is 331 g/mol. The normalized spacial score (nSPS) is 11.1. The van der Waals surface area contributed by atoms with Crippen molar-refractivity contribution in [2.24, 2.45) is 0 Å². The third-order valence-corrected chi connectivity index (χ3v) is 7.69. The van der Waals surface area contributed by atoms with E-state index >= 15 is 0 Å². The van der Waals surface area contributed by atoms with E-state index in [0.717, 1.165) is 0 Å². The quantitative estimate of drug-likeness (QED) is 0.558. The second-order valence-corrected chi connectivity index (χ2v) is 8.50. The molecular formula is C20H26S2. The van der Waals surface area contributed by atoms with Gasteiger partial charge in [-0.05, 0) is 99.9 Å². The standard InChI is InChI=1S/C20H26S2/c1-11-9-12(2)16(6)19(15(11)5)21-22-20-17(7)13(3)10-14(4)18(20)8/h9-10H,1-8H3. The van der Waals surface area contributed by atoms with Crippen LogP contribution in [0.3, 0.4) is 0 Å². The van der Waals surface area contributed by atoms with Crippen LogP contribution < -0.4 is 0 Å². The largest absolute Gasteiger partial charge is 0.0558 e. The van der Waals surface area contributed by atoms with E-state index in [4.69, 9.17) is 0 Å². The summed E-state index contributed by atoms with van der Waals surface area (Å²) in [5, 5.41) is 0. The van der Waals surface area contributed by atoms with Crippen LogP contribution in [0.5, 0.6) is 0 Å². The lowest BCUT2D eigenvalue weighted by atomic mass is 10.0. The Kier molecular flexibility index (Phi) is 5.34. The van der Waals surface area contributed by atoms with Gasteiger partial charge in [-0.2, -0.15) is 0 Å². The SMILES string of the molecule is Cc1cc(C)c(C)c(SSc2c(C)c(C)cc(C)c2C)c1C. The molecule has 0 saturated carbocycles. The van der Waals surface area contributed by atoms with E-state index in [0.29, 0.717) is 0 Å². The van der Waals surface area contributed by atoms with Crippen LogP contribution in [0.4, 0.5) is 0 Å². The smallest absolute Gasteiger partial charge is 0.0250 e. The molecule has 2 aromatic carbocycles. The lowest BCUT2D eigenvalue weighted by Crippen LogP contribution is -1.94. The molecule has 0 heterocycles. The van der Waals surface area contributed by atoms with Crippen molar-refractivity contribution in [1.82, 2.24) is 0 Å². The van der Waals surface area contributed by atoms with Gasteiger partial charge in [0.2, 0.25) is 0 Å². The highest BCUT2D eigenvalue weighted by Gasteiger charge is 2.13. The number of aryl methyl sites for hydroxylation is 4. The molecule has 0 amide bonds. The molecular weight excluding hydrogens is 304 g/mol. The molecule has 0 fully saturated rings. The molecule has 0 atom stereocenters. The first-order chi connectivity index (χ1) is 10.2. The van der Waals surface area contributed by atoms with Gasteiger partial charge in [-0.3, -0.25) is 0 Å². The molecule has 0 saturated heterocycles. The molecule has 0 unspecified atom stereocenters. The van der Waals surface area contributed by atoms with Gasteiger partial charge in [0.15, 0.2) is 0 Å². The van der Waals surface area contributed by atoms with Crippen LogP contribution in [0.25, 0.3) is 0 Å². The van der Waals surface area contributed by atoms with Gasteiger partial charge in [0.25, 0.3) is 0 Å². The summed E-state index contributed by atoms with van der Waals surface area (Å²) in [4.78, 5) is 2.86. The van der Waals surface area contributed by atoms with Crippen LogP contribution in [-0.2, 0) is 0 Å². The Bertz CT molecular complexity index is 611. The van der Waals surface area contributed by atoms with Crippen molar-refractivity contribution in [2.75, 3.05) is 0 Å². The first-order valence-corrected chi connectivity index (χ1v) is 9.88. The van der Waals surface area contributed by atoms with Crippen molar-refractivity contribution < 1.29 is 0 Å². The average Bonchev–Trinajstić information content (AvgIpc) is 2.46. The van der Waals surface area contributed by atoms with Gasteiger partial charge in [-0.1, -0.05) is 33.7 Å². The van der Waals surface area contributed by atoms with Crippen molar-refractivity contribution >= 4 is 21.6 Å². The van der Waals surface area contributed by atoms with E-state index in [1.165, 1.54) is 54.3 Å². The molecule has 22 heavy (non-hydrogen) atoms. The minimum Gasteiger partial charge on any atom is -0.0558 e. The zero-order valence-electron chi connectivity index (χ0n) is 15.0. The fourth-order valence-corrected chi connectivity index (χ4v) is 6.01. The van der Waals surface area contributed by atoms with Crippen molar-refractivity contribution in [2.45, 2.75) is 65.2 Å².